The smallest absolute Gasteiger partial charge is 0.324 e. The van der Waals surface area contributed by atoms with Gasteiger partial charge in [0.25, 0.3) is 0 Å². The summed E-state index contributed by atoms with van der Waals surface area (Å²) in [6.07, 6.45) is 2.28. The number of carbonyl (C=O) groups excluding carboxylic acids is 1. The molecule has 2 aromatic rings. The molecule has 96 valence electrons. The number of ether oxygens (including phenoxy) is 1. The molecule has 0 saturated heterocycles. The fraction of sp³-hybridized carbons (Fsp3) is 0.308. The van der Waals surface area contributed by atoms with Crippen LogP contribution in [0.15, 0.2) is 24.4 Å². The zero-order valence-corrected chi connectivity index (χ0v) is 10.9. The van der Waals surface area contributed by atoms with Crippen molar-refractivity contribution < 1.29 is 14.6 Å². The van der Waals surface area contributed by atoms with Crippen LogP contribution in [0.4, 0.5) is 0 Å². The van der Waals surface area contributed by atoms with Gasteiger partial charge in [-0.05, 0) is 23.8 Å². The predicted octanol–water partition coefficient (Wildman–Crippen LogP) is 2.21. The number of aromatic hydroxyl groups is 1. The molecule has 0 aliphatic heterocycles. The van der Waals surface area contributed by atoms with Gasteiger partial charge >= 0.3 is 5.97 Å². The van der Waals surface area contributed by atoms with E-state index in [0.29, 0.717) is 6.42 Å². The van der Waals surface area contributed by atoms with Crippen molar-refractivity contribution in [1.82, 2.24) is 4.57 Å². The van der Waals surface area contributed by atoms with E-state index in [1.807, 2.05) is 23.9 Å². The monoisotopic (exact) mass is 267 g/mol. The molecule has 0 radical (unpaired) electrons. The van der Waals surface area contributed by atoms with Gasteiger partial charge in [-0.3, -0.25) is 4.79 Å². The topological polar surface area (TPSA) is 51.5 Å². The molecule has 0 spiro atoms. The minimum atomic E-state index is -0.719. The van der Waals surface area contributed by atoms with Crippen LogP contribution in [0.1, 0.15) is 5.56 Å². The minimum absolute atomic E-state index is 0.194. The number of phenolic OH excluding ortho intramolecular Hbond substituents is 1. The van der Waals surface area contributed by atoms with Gasteiger partial charge in [0.2, 0.25) is 0 Å². The molecule has 1 aromatic heterocycles. The van der Waals surface area contributed by atoms with Crippen molar-refractivity contribution in [3.8, 4) is 5.75 Å². The summed E-state index contributed by atoms with van der Waals surface area (Å²) in [6.45, 7) is 0. The molecule has 2 rings (SSSR count). The molecular formula is C13H14ClNO3. The van der Waals surface area contributed by atoms with E-state index < -0.39 is 11.3 Å². The van der Waals surface area contributed by atoms with Crippen LogP contribution < -0.4 is 0 Å². The lowest BCUT2D eigenvalue weighted by atomic mass is 10.1. The van der Waals surface area contributed by atoms with E-state index in [1.165, 1.54) is 7.11 Å². The van der Waals surface area contributed by atoms with E-state index in [4.69, 9.17) is 11.6 Å². The van der Waals surface area contributed by atoms with Crippen LogP contribution in [-0.2, 0) is 23.0 Å². The van der Waals surface area contributed by atoms with Crippen LogP contribution in [-0.4, -0.2) is 28.1 Å². The number of carbonyl (C=O) groups is 1. The number of esters is 1. The first-order chi connectivity index (χ1) is 8.52. The number of nitrogens with zero attached hydrogens (tertiary/aromatic N) is 1. The third-order valence-corrected chi connectivity index (χ3v) is 3.24. The van der Waals surface area contributed by atoms with E-state index >= 15 is 0 Å². The van der Waals surface area contributed by atoms with Crippen LogP contribution >= 0.6 is 11.6 Å². The summed E-state index contributed by atoms with van der Waals surface area (Å²) in [5, 5.41) is 9.70. The maximum absolute atomic E-state index is 11.3. The molecule has 0 fully saturated rings. The van der Waals surface area contributed by atoms with E-state index in [1.54, 1.807) is 12.1 Å². The molecule has 5 heteroatoms. The van der Waals surface area contributed by atoms with Crippen molar-refractivity contribution in [3.63, 3.8) is 0 Å². The Kier molecular flexibility index (Phi) is 3.48. The first-order valence-corrected chi connectivity index (χ1v) is 5.95. The Balaban J connectivity index is 2.39. The molecule has 1 N–H and O–H groups in total. The Morgan fingerprint density at radius 2 is 2.28 bits per heavy atom. The molecule has 1 heterocycles. The molecule has 0 bridgehead atoms. The number of fused-ring (bicyclic) bond motifs is 1. The summed E-state index contributed by atoms with van der Waals surface area (Å²) in [5.74, 6) is -0.257. The normalized spacial score (nSPS) is 12.6. The quantitative estimate of drug-likeness (QED) is 0.685. The number of alkyl halides is 1. The van der Waals surface area contributed by atoms with Crippen molar-refractivity contribution in [2.24, 2.45) is 7.05 Å². The fourth-order valence-corrected chi connectivity index (χ4v) is 2.28. The number of benzene rings is 1. The lowest BCUT2D eigenvalue weighted by Gasteiger charge is -2.06. The number of aromatic nitrogens is 1. The zero-order valence-electron chi connectivity index (χ0n) is 10.2. The average molecular weight is 268 g/mol. The molecule has 1 aromatic carbocycles. The van der Waals surface area contributed by atoms with Crippen LogP contribution in [0.5, 0.6) is 5.75 Å². The number of rotatable bonds is 3. The number of halogens is 1. The highest BCUT2D eigenvalue weighted by Crippen LogP contribution is 2.26. The molecule has 0 unspecified atom stereocenters. The average Bonchev–Trinajstić information content (AvgIpc) is 2.64. The van der Waals surface area contributed by atoms with E-state index in [9.17, 15) is 9.90 Å². The van der Waals surface area contributed by atoms with Gasteiger partial charge in [0.05, 0.1) is 7.11 Å². The van der Waals surface area contributed by atoms with Crippen molar-refractivity contribution in [2.45, 2.75) is 11.8 Å². The van der Waals surface area contributed by atoms with Gasteiger partial charge in [0, 0.05) is 30.6 Å². The first-order valence-electron chi connectivity index (χ1n) is 5.51. The van der Waals surface area contributed by atoms with Crippen LogP contribution in [0.3, 0.4) is 0 Å². The Labute approximate surface area is 110 Å². The molecular weight excluding hydrogens is 254 g/mol. The Hall–Kier alpha value is -1.68. The minimum Gasteiger partial charge on any atom is -0.508 e. The van der Waals surface area contributed by atoms with Crippen LogP contribution in [0.2, 0.25) is 0 Å². The largest absolute Gasteiger partial charge is 0.508 e. The number of methoxy groups -OCH3 is 1. The van der Waals surface area contributed by atoms with Gasteiger partial charge in [0.15, 0.2) is 0 Å². The summed E-state index contributed by atoms with van der Waals surface area (Å²) < 4.78 is 6.54. The van der Waals surface area contributed by atoms with Gasteiger partial charge in [-0.25, -0.2) is 0 Å². The SMILES string of the molecule is COC(=O)[C@@H](Cl)Cc1cn(C)c2ccc(O)cc12. The molecule has 1 atom stereocenters. The lowest BCUT2D eigenvalue weighted by Crippen LogP contribution is -2.18. The van der Waals surface area contributed by atoms with Gasteiger partial charge in [-0.1, -0.05) is 0 Å². The van der Waals surface area contributed by atoms with Crippen molar-refractivity contribution in [1.29, 1.82) is 0 Å². The van der Waals surface area contributed by atoms with E-state index in [-0.39, 0.29) is 5.75 Å². The second-order valence-corrected chi connectivity index (χ2v) is 4.69. The lowest BCUT2D eigenvalue weighted by molar-refractivity contribution is -0.140. The third kappa shape index (κ3) is 2.29. The summed E-state index contributed by atoms with van der Waals surface area (Å²) in [6, 6.07) is 5.13. The highest BCUT2D eigenvalue weighted by molar-refractivity contribution is 6.30. The number of aryl methyl sites for hydroxylation is 1. The second-order valence-electron chi connectivity index (χ2n) is 4.16. The van der Waals surface area contributed by atoms with Gasteiger partial charge in [0.1, 0.15) is 11.1 Å². The number of hydrogen-bond acceptors (Lipinski definition) is 3. The van der Waals surface area contributed by atoms with Gasteiger partial charge < -0.3 is 14.4 Å². The fourth-order valence-electron chi connectivity index (χ4n) is 2.03. The van der Waals surface area contributed by atoms with Gasteiger partial charge in [-0.15, -0.1) is 11.6 Å². The number of phenols is 1. The zero-order chi connectivity index (χ0) is 13.3. The Morgan fingerprint density at radius 1 is 1.56 bits per heavy atom. The van der Waals surface area contributed by atoms with E-state index in [2.05, 4.69) is 4.74 Å². The summed E-state index contributed by atoms with van der Waals surface area (Å²) in [7, 11) is 3.22. The molecule has 0 aliphatic rings. The highest BCUT2D eigenvalue weighted by Gasteiger charge is 2.19. The molecule has 0 saturated carbocycles. The van der Waals surface area contributed by atoms with Crippen molar-refractivity contribution in [2.75, 3.05) is 7.11 Å². The first kappa shape index (κ1) is 12.8. The highest BCUT2D eigenvalue weighted by atomic mass is 35.5. The third-order valence-electron chi connectivity index (χ3n) is 2.91. The van der Waals surface area contributed by atoms with E-state index in [0.717, 1.165) is 16.5 Å². The van der Waals surface area contributed by atoms with Crippen molar-refractivity contribution in [3.05, 3.63) is 30.0 Å². The summed E-state index contributed by atoms with van der Waals surface area (Å²) in [4.78, 5) is 11.3. The number of hydrogen-bond donors (Lipinski definition) is 1. The second kappa shape index (κ2) is 4.90. The summed E-state index contributed by atoms with van der Waals surface area (Å²) in [5.41, 5.74) is 1.89. The van der Waals surface area contributed by atoms with Gasteiger partial charge in [-0.2, -0.15) is 0 Å². The summed E-state index contributed by atoms with van der Waals surface area (Å²) >= 11 is 5.97. The predicted molar refractivity (Wildman–Crippen MR) is 69.9 cm³/mol. The Bertz CT molecular complexity index is 591. The Morgan fingerprint density at radius 3 is 2.94 bits per heavy atom. The maximum Gasteiger partial charge on any atom is 0.324 e. The maximum atomic E-state index is 11.3. The molecule has 4 nitrogen and oxygen atoms in total. The molecule has 0 aliphatic carbocycles. The van der Waals surface area contributed by atoms with Crippen molar-refractivity contribution >= 4 is 28.5 Å². The molecule has 18 heavy (non-hydrogen) atoms. The molecule has 0 amide bonds. The van der Waals surface area contributed by atoms with Crippen LogP contribution in [0.25, 0.3) is 10.9 Å². The standard InChI is InChI=1S/C13H14ClNO3/c1-15-7-8(5-11(14)13(17)18-2)10-6-9(16)3-4-12(10)15/h3-4,6-7,11,16H,5H2,1-2H3/t11-/m0/s1. The van der Waals surface area contributed by atoms with Crippen LogP contribution in [0, 0.1) is 0 Å².